The van der Waals surface area contributed by atoms with Crippen molar-refractivity contribution in [1.29, 1.82) is 0 Å². The molecule has 0 aliphatic heterocycles. The minimum atomic E-state index is 0.650. The van der Waals surface area contributed by atoms with E-state index in [2.05, 4.69) is 22.0 Å². The number of rotatable bonds is 8. The molecule has 2 aromatic rings. The highest BCUT2D eigenvalue weighted by molar-refractivity contribution is 7.09. The lowest BCUT2D eigenvalue weighted by atomic mass is 9.97. The summed E-state index contributed by atoms with van der Waals surface area (Å²) >= 11 is 1.64. The molecule has 2 heterocycles. The molecule has 0 amide bonds. The molecule has 0 saturated carbocycles. The van der Waals surface area contributed by atoms with Gasteiger partial charge in [0.2, 0.25) is 5.89 Å². The summed E-state index contributed by atoms with van der Waals surface area (Å²) in [5.41, 5.74) is 6.65. The van der Waals surface area contributed by atoms with Gasteiger partial charge in [-0.3, -0.25) is 0 Å². The molecule has 110 valence electrons. The SMILES string of the molecule is CCC(CCN)CCc1nc(Cc2nc(C)cs2)no1. The van der Waals surface area contributed by atoms with E-state index in [-0.39, 0.29) is 0 Å². The summed E-state index contributed by atoms with van der Waals surface area (Å²) in [4.78, 5) is 8.85. The van der Waals surface area contributed by atoms with Gasteiger partial charge in [-0.15, -0.1) is 11.3 Å². The zero-order chi connectivity index (χ0) is 14.4. The first-order valence-electron chi connectivity index (χ1n) is 7.13. The van der Waals surface area contributed by atoms with Crippen molar-refractivity contribution in [2.24, 2.45) is 11.7 Å². The van der Waals surface area contributed by atoms with E-state index in [1.54, 1.807) is 11.3 Å². The number of aryl methyl sites for hydroxylation is 2. The maximum absolute atomic E-state index is 5.61. The zero-order valence-corrected chi connectivity index (χ0v) is 12.9. The van der Waals surface area contributed by atoms with Crippen molar-refractivity contribution in [1.82, 2.24) is 15.1 Å². The van der Waals surface area contributed by atoms with Gasteiger partial charge in [0.25, 0.3) is 0 Å². The lowest BCUT2D eigenvalue weighted by Crippen LogP contribution is -2.09. The maximum atomic E-state index is 5.61. The summed E-state index contributed by atoms with van der Waals surface area (Å²) in [6, 6.07) is 0. The molecule has 2 rings (SSSR count). The van der Waals surface area contributed by atoms with Crippen LogP contribution in [0.1, 0.15) is 48.6 Å². The van der Waals surface area contributed by atoms with Crippen LogP contribution < -0.4 is 5.73 Å². The molecule has 0 fully saturated rings. The normalized spacial score (nSPS) is 12.8. The van der Waals surface area contributed by atoms with E-state index in [1.807, 2.05) is 12.3 Å². The molecule has 0 aliphatic rings. The van der Waals surface area contributed by atoms with Crippen molar-refractivity contribution in [3.05, 3.63) is 27.8 Å². The van der Waals surface area contributed by atoms with Crippen molar-refractivity contribution in [3.63, 3.8) is 0 Å². The predicted octanol–water partition coefficient (Wildman–Crippen LogP) is 2.73. The molecule has 0 radical (unpaired) electrons. The second-order valence-electron chi connectivity index (χ2n) is 5.05. The molecule has 0 aliphatic carbocycles. The lowest BCUT2D eigenvalue weighted by molar-refractivity contribution is 0.351. The van der Waals surface area contributed by atoms with E-state index in [0.717, 1.165) is 54.6 Å². The lowest BCUT2D eigenvalue weighted by Gasteiger charge is -2.11. The summed E-state index contributed by atoms with van der Waals surface area (Å²) < 4.78 is 5.30. The third-order valence-corrected chi connectivity index (χ3v) is 4.37. The third-order valence-electron chi connectivity index (χ3n) is 3.40. The van der Waals surface area contributed by atoms with Crippen LogP contribution in [0.4, 0.5) is 0 Å². The Morgan fingerprint density at radius 2 is 2.20 bits per heavy atom. The quantitative estimate of drug-likeness (QED) is 0.810. The largest absolute Gasteiger partial charge is 0.339 e. The Balaban J connectivity index is 1.85. The minimum Gasteiger partial charge on any atom is -0.339 e. The molecular weight excluding hydrogens is 272 g/mol. The Labute approximate surface area is 123 Å². The van der Waals surface area contributed by atoms with Gasteiger partial charge in [-0.05, 0) is 32.2 Å². The number of nitrogens with zero attached hydrogens (tertiary/aromatic N) is 3. The summed E-state index contributed by atoms with van der Waals surface area (Å²) in [7, 11) is 0. The summed E-state index contributed by atoms with van der Waals surface area (Å²) in [6.45, 7) is 4.94. The van der Waals surface area contributed by atoms with E-state index < -0.39 is 0 Å². The van der Waals surface area contributed by atoms with Gasteiger partial charge in [-0.25, -0.2) is 4.98 Å². The highest BCUT2D eigenvalue weighted by Gasteiger charge is 2.12. The first-order valence-corrected chi connectivity index (χ1v) is 8.01. The molecule has 0 aromatic carbocycles. The Bertz CT molecular complexity index is 523. The van der Waals surface area contributed by atoms with Crippen LogP contribution in [0.25, 0.3) is 0 Å². The number of thiazole rings is 1. The van der Waals surface area contributed by atoms with Gasteiger partial charge in [0.1, 0.15) is 5.01 Å². The van der Waals surface area contributed by atoms with E-state index >= 15 is 0 Å². The van der Waals surface area contributed by atoms with Crippen molar-refractivity contribution < 1.29 is 4.52 Å². The molecule has 0 spiro atoms. The summed E-state index contributed by atoms with van der Waals surface area (Å²) in [5, 5.41) is 7.09. The van der Waals surface area contributed by atoms with Gasteiger partial charge < -0.3 is 10.3 Å². The second-order valence-corrected chi connectivity index (χ2v) is 6.00. The van der Waals surface area contributed by atoms with Crippen LogP contribution in [0.2, 0.25) is 0 Å². The fourth-order valence-corrected chi connectivity index (χ4v) is 2.97. The van der Waals surface area contributed by atoms with E-state index in [1.165, 1.54) is 0 Å². The molecule has 0 bridgehead atoms. The zero-order valence-electron chi connectivity index (χ0n) is 12.1. The average Bonchev–Trinajstić information content (AvgIpc) is 3.04. The summed E-state index contributed by atoms with van der Waals surface area (Å²) in [6.07, 6.45) is 4.77. The highest BCUT2D eigenvalue weighted by atomic mass is 32.1. The fraction of sp³-hybridized carbons (Fsp3) is 0.643. The molecule has 2 N–H and O–H groups in total. The Morgan fingerprint density at radius 3 is 2.85 bits per heavy atom. The monoisotopic (exact) mass is 294 g/mol. The number of nitrogens with two attached hydrogens (primary N) is 1. The minimum absolute atomic E-state index is 0.650. The van der Waals surface area contributed by atoms with Crippen molar-refractivity contribution >= 4 is 11.3 Å². The van der Waals surface area contributed by atoms with Gasteiger partial charge in [0.05, 0.1) is 6.42 Å². The van der Waals surface area contributed by atoms with Crippen LogP contribution >= 0.6 is 11.3 Å². The molecular formula is C14H22N4OS. The van der Waals surface area contributed by atoms with Gasteiger partial charge in [0, 0.05) is 17.5 Å². The van der Waals surface area contributed by atoms with E-state index in [9.17, 15) is 0 Å². The van der Waals surface area contributed by atoms with Crippen LogP contribution in [0.15, 0.2) is 9.90 Å². The molecule has 2 aromatic heterocycles. The second kappa shape index (κ2) is 7.50. The Hall–Kier alpha value is -1.27. The number of hydrogen-bond acceptors (Lipinski definition) is 6. The number of hydrogen-bond donors (Lipinski definition) is 1. The molecule has 0 saturated heterocycles. The Kier molecular flexibility index (Phi) is 5.67. The predicted molar refractivity (Wildman–Crippen MR) is 79.7 cm³/mol. The topological polar surface area (TPSA) is 77.8 Å². The standard InChI is InChI=1S/C14H22N4OS/c1-3-11(6-7-15)4-5-13-17-12(18-19-13)8-14-16-10(2)9-20-14/h9,11H,3-8,15H2,1-2H3. The van der Waals surface area contributed by atoms with Crippen molar-refractivity contribution in [2.45, 2.75) is 46.0 Å². The van der Waals surface area contributed by atoms with Crippen LogP contribution in [-0.2, 0) is 12.8 Å². The van der Waals surface area contributed by atoms with Crippen LogP contribution in [0.5, 0.6) is 0 Å². The van der Waals surface area contributed by atoms with Gasteiger partial charge >= 0.3 is 0 Å². The van der Waals surface area contributed by atoms with Crippen molar-refractivity contribution in [2.75, 3.05) is 6.54 Å². The third kappa shape index (κ3) is 4.38. The smallest absolute Gasteiger partial charge is 0.226 e. The van der Waals surface area contributed by atoms with Gasteiger partial charge in [-0.1, -0.05) is 18.5 Å². The molecule has 1 unspecified atom stereocenters. The molecule has 20 heavy (non-hydrogen) atoms. The van der Waals surface area contributed by atoms with Crippen molar-refractivity contribution in [3.8, 4) is 0 Å². The van der Waals surface area contributed by atoms with Crippen LogP contribution in [-0.4, -0.2) is 21.7 Å². The van der Waals surface area contributed by atoms with E-state index in [4.69, 9.17) is 10.3 Å². The first-order chi connectivity index (χ1) is 9.71. The van der Waals surface area contributed by atoms with Crippen LogP contribution in [0, 0.1) is 12.8 Å². The molecule has 6 heteroatoms. The van der Waals surface area contributed by atoms with Gasteiger partial charge in [0.15, 0.2) is 5.82 Å². The first kappa shape index (κ1) is 15.1. The highest BCUT2D eigenvalue weighted by Crippen LogP contribution is 2.16. The average molecular weight is 294 g/mol. The number of aromatic nitrogens is 3. The Morgan fingerprint density at radius 1 is 1.35 bits per heavy atom. The summed E-state index contributed by atoms with van der Waals surface area (Å²) in [5.74, 6) is 2.10. The van der Waals surface area contributed by atoms with Gasteiger partial charge in [-0.2, -0.15) is 4.98 Å². The fourth-order valence-electron chi connectivity index (χ4n) is 2.20. The molecule has 5 nitrogen and oxygen atoms in total. The van der Waals surface area contributed by atoms with Crippen LogP contribution in [0.3, 0.4) is 0 Å². The maximum Gasteiger partial charge on any atom is 0.226 e. The van der Waals surface area contributed by atoms with E-state index in [0.29, 0.717) is 12.3 Å². The molecule has 1 atom stereocenters.